The van der Waals surface area contributed by atoms with Gasteiger partial charge in [-0.05, 0) is 26.3 Å². The maximum atomic E-state index is 11.9. The predicted octanol–water partition coefficient (Wildman–Crippen LogP) is 1.01. The van der Waals surface area contributed by atoms with Crippen molar-refractivity contribution < 1.29 is 8.42 Å². The fourth-order valence-electron chi connectivity index (χ4n) is 2.06. The van der Waals surface area contributed by atoms with E-state index in [2.05, 4.69) is 15.0 Å². The number of aryl methyl sites for hydroxylation is 1. The van der Waals surface area contributed by atoms with Gasteiger partial charge >= 0.3 is 0 Å². The Labute approximate surface area is 112 Å². The van der Waals surface area contributed by atoms with Crippen LogP contribution in [-0.2, 0) is 16.6 Å². The molecular weight excluding hydrogens is 270 g/mol. The zero-order valence-corrected chi connectivity index (χ0v) is 12.1. The molecule has 0 aromatic carbocycles. The number of hydrogen-bond donors (Lipinski definition) is 2. The average Bonchev–Trinajstić information content (AvgIpc) is 2.73. The molecular formula is C11H19N3O2S2. The number of hydrogen-bond acceptors (Lipinski definition) is 5. The summed E-state index contributed by atoms with van der Waals surface area (Å²) in [4.78, 5) is 5.09. The SMILES string of the molecule is Cc1ncsc1CNS(=O)(=O)CC1CCCCN1. The number of aromatic nitrogens is 1. The highest BCUT2D eigenvalue weighted by molar-refractivity contribution is 7.89. The Balaban J connectivity index is 1.85. The number of sulfonamides is 1. The van der Waals surface area contributed by atoms with Crippen LogP contribution in [0.1, 0.15) is 29.8 Å². The predicted molar refractivity (Wildman–Crippen MR) is 73.1 cm³/mol. The first-order chi connectivity index (χ1) is 8.57. The first-order valence-electron chi connectivity index (χ1n) is 6.16. The smallest absolute Gasteiger partial charge is 0.213 e. The summed E-state index contributed by atoms with van der Waals surface area (Å²) in [5, 5.41) is 3.25. The second-order valence-electron chi connectivity index (χ2n) is 4.61. The average molecular weight is 289 g/mol. The highest BCUT2D eigenvalue weighted by Gasteiger charge is 2.20. The minimum atomic E-state index is -3.21. The van der Waals surface area contributed by atoms with Crippen LogP contribution in [0.15, 0.2) is 5.51 Å². The molecule has 102 valence electrons. The Morgan fingerprint density at radius 3 is 3.00 bits per heavy atom. The highest BCUT2D eigenvalue weighted by Crippen LogP contribution is 2.13. The van der Waals surface area contributed by atoms with Crippen molar-refractivity contribution in [2.75, 3.05) is 12.3 Å². The second-order valence-corrected chi connectivity index (χ2v) is 7.40. The molecule has 1 saturated heterocycles. The van der Waals surface area contributed by atoms with E-state index in [4.69, 9.17) is 0 Å². The lowest BCUT2D eigenvalue weighted by molar-refractivity contribution is 0.422. The van der Waals surface area contributed by atoms with E-state index in [1.54, 1.807) is 5.51 Å². The summed E-state index contributed by atoms with van der Waals surface area (Å²) < 4.78 is 26.5. The standard InChI is InChI=1S/C11H19N3O2S2/c1-9-11(17-8-13-9)6-14-18(15,16)7-10-4-2-3-5-12-10/h8,10,12,14H,2-7H2,1H3. The Morgan fingerprint density at radius 2 is 2.39 bits per heavy atom. The van der Waals surface area contributed by atoms with Gasteiger partial charge in [0.15, 0.2) is 0 Å². The summed E-state index contributed by atoms with van der Waals surface area (Å²) >= 11 is 1.48. The van der Waals surface area contributed by atoms with Crippen molar-refractivity contribution in [3.05, 3.63) is 16.1 Å². The monoisotopic (exact) mass is 289 g/mol. The first kappa shape index (κ1) is 13.9. The Hall–Kier alpha value is -0.500. The van der Waals surface area contributed by atoms with Crippen LogP contribution in [0.4, 0.5) is 0 Å². The van der Waals surface area contributed by atoms with Crippen LogP contribution in [0, 0.1) is 6.92 Å². The zero-order valence-electron chi connectivity index (χ0n) is 10.5. The van der Waals surface area contributed by atoms with Gasteiger partial charge in [0, 0.05) is 17.5 Å². The maximum absolute atomic E-state index is 11.9. The molecule has 0 radical (unpaired) electrons. The molecule has 2 rings (SSSR count). The molecule has 2 heterocycles. The van der Waals surface area contributed by atoms with Crippen molar-refractivity contribution in [2.45, 2.75) is 38.8 Å². The first-order valence-corrected chi connectivity index (χ1v) is 8.70. The summed E-state index contributed by atoms with van der Waals surface area (Å²) in [5.74, 6) is 0.171. The molecule has 0 aliphatic carbocycles. The third kappa shape index (κ3) is 4.01. The van der Waals surface area contributed by atoms with Crippen molar-refractivity contribution in [1.82, 2.24) is 15.0 Å². The van der Waals surface area contributed by atoms with Crippen LogP contribution in [0.3, 0.4) is 0 Å². The maximum Gasteiger partial charge on any atom is 0.213 e. The summed E-state index contributed by atoms with van der Waals surface area (Å²) in [6.45, 7) is 3.17. The molecule has 1 aliphatic heterocycles. The van der Waals surface area contributed by atoms with Gasteiger partial charge in [-0.1, -0.05) is 6.42 Å². The second kappa shape index (κ2) is 6.10. The highest BCUT2D eigenvalue weighted by atomic mass is 32.2. The quantitative estimate of drug-likeness (QED) is 0.849. The van der Waals surface area contributed by atoms with Crippen molar-refractivity contribution in [3.8, 4) is 0 Å². The fraction of sp³-hybridized carbons (Fsp3) is 0.727. The van der Waals surface area contributed by atoms with E-state index in [0.717, 1.165) is 36.4 Å². The zero-order chi connectivity index (χ0) is 13.0. The molecule has 1 aliphatic rings. The summed E-state index contributed by atoms with van der Waals surface area (Å²) in [7, 11) is -3.21. The molecule has 7 heteroatoms. The minimum absolute atomic E-state index is 0.0961. The molecule has 0 bridgehead atoms. The van der Waals surface area contributed by atoms with Crippen LogP contribution in [0.2, 0.25) is 0 Å². The molecule has 0 amide bonds. The lowest BCUT2D eigenvalue weighted by Gasteiger charge is -2.23. The van der Waals surface area contributed by atoms with Gasteiger partial charge in [0.25, 0.3) is 0 Å². The van der Waals surface area contributed by atoms with Gasteiger partial charge in [0.2, 0.25) is 10.0 Å². The Bertz CT molecular complexity index is 478. The third-order valence-electron chi connectivity index (χ3n) is 3.13. The summed E-state index contributed by atoms with van der Waals surface area (Å²) in [6.07, 6.45) is 3.20. The van der Waals surface area contributed by atoms with Crippen LogP contribution in [0.25, 0.3) is 0 Å². The molecule has 1 atom stereocenters. The van der Waals surface area contributed by atoms with Gasteiger partial charge in [-0.2, -0.15) is 0 Å². The number of nitrogens with one attached hydrogen (secondary N) is 2. The van der Waals surface area contributed by atoms with Gasteiger partial charge in [0.1, 0.15) is 0 Å². The molecule has 1 unspecified atom stereocenters. The van der Waals surface area contributed by atoms with E-state index in [1.165, 1.54) is 11.3 Å². The largest absolute Gasteiger partial charge is 0.313 e. The molecule has 0 spiro atoms. The molecule has 0 saturated carbocycles. The Kier molecular flexibility index (Phi) is 4.71. The van der Waals surface area contributed by atoms with Gasteiger partial charge in [0.05, 0.1) is 17.0 Å². The lowest BCUT2D eigenvalue weighted by atomic mass is 10.1. The number of thiazole rings is 1. The number of piperidine rings is 1. The Morgan fingerprint density at radius 1 is 1.56 bits per heavy atom. The molecule has 1 aromatic heterocycles. The lowest BCUT2D eigenvalue weighted by Crippen LogP contribution is -2.42. The van der Waals surface area contributed by atoms with Crippen molar-refractivity contribution >= 4 is 21.4 Å². The van der Waals surface area contributed by atoms with Gasteiger partial charge in [-0.15, -0.1) is 11.3 Å². The fourth-order valence-corrected chi connectivity index (χ4v) is 4.17. The van der Waals surface area contributed by atoms with Crippen LogP contribution >= 0.6 is 11.3 Å². The molecule has 2 N–H and O–H groups in total. The van der Waals surface area contributed by atoms with Gasteiger partial charge < -0.3 is 5.32 Å². The van der Waals surface area contributed by atoms with E-state index < -0.39 is 10.0 Å². The van der Waals surface area contributed by atoms with Crippen molar-refractivity contribution in [3.63, 3.8) is 0 Å². The van der Waals surface area contributed by atoms with Crippen LogP contribution < -0.4 is 10.0 Å². The van der Waals surface area contributed by atoms with Crippen LogP contribution in [0.5, 0.6) is 0 Å². The van der Waals surface area contributed by atoms with Gasteiger partial charge in [-0.25, -0.2) is 18.1 Å². The summed E-state index contributed by atoms with van der Waals surface area (Å²) in [5.41, 5.74) is 2.64. The minimum Gasteiger partial charge on any atom is -0.313 e. The number of nitrogens with zero attached hydrogens (tertiary/aromatic N) is 1. The van der Waals surface area contributed by atoms with E-state index >= 15 is 0 Å². The third-order valence-corrected chi connectivity index (χ3v) is 5.49. The van der Waals surface area contributed by atoms with Crippen molar-refractivity contribution in [2.24, 2.45) is 0 Å². The van der Waals surface area contributed by atoms with Crippen LogP contribution in [-0.4, -0.2) is 31.7 Å². The van der Waals surface area contributed by atoms with Gasteiger partial charge in [-0.3, -0.25) is 0 Å². The molecule has 5 nitrogen and oxygen atoms in total. The van der Waals surface area contributed by atoms with E-state index in [-0.39, 0.29) is 11.8 Å². The van der Waals surface area contributed by atoms with Crippen molar-refractivity contribution in [1.29, 1.82) is 0 Å². The molecule has 18 heavy (non-hydrogen) atoms. The summed E-state index contributed by atoms with van der Waals surface area (Å²) in [6, 6.07) is 0.0961. The molecule has 1 aromatic rings. The van der Waals surface area contributed by atoms with E-state index in [9.17, 15) is 8.42 Å². The molecule has 1 fully saturated rings. The number of rotatable bonds is 5. The van der Waals surface area contributed by atoms with E-state index in [1.807, 2.05) is 6.92 Å². The topological polar surface area (TPSA) is 71.1 Å². The normalized spacial score (nSPS) is 21.1. The van der Waals surface area contributed by atoms with E-state index in [0.29, 0.717) is 6.54 Å².